The molecule has 0 atom stereocenters. The van der Waals surface area contributed by atoms with E-state index in [1.54, 1.807) is 24.3 Å². The van der Waals surface area contributed by atoms with Crippen LogP contribution in [0.1, 0.15) is 27.0 Å². The number of esters is 1. The topological polar surface area (TPSA) is 117 Å². The number of para-hydroxylation sites is 1. The first kappa shape index (κ1) is 23.2. The minimum absolute atomic E-state index is 0.0780. The van der Waals surface area contributed by atoms with Crippen LogP contribution in [-0.2, 0) is 32.5 Å². The van der Waals surface area contributed by atoms with Gasteiger partial charge in [-0.3, -0.25) is 4.79 Å². The number of hydrogen-bond acceptors (Lipinski definition) is 6. The summed E-state index contributed by atoms with van der Waals surface area (Å²) in [7, 11) is -3.72. The van der Waals surface area contributed by atoms with Gasteiger partial charge in [-0.1, -0.05) is 36.4 Å². The van der Waals surface area contributed by atoms with Crippen LogP contribution in [0, 0.1) is 11.3 Å². The van der Waals surface area contributed by atoms with Crippen molar-refractivity contribution in [3.05, 3.63) is 95.1 Å². The van der Waals surface area contributed by atoms with Gasteiger partial charge >= 0.3 is 5.97 Å². The zero-order valence-corrected chi connectivity index (χ0v) is 18.9. The third-order valence-corrected chi connectivity index (χ3v) is 7.34. The molecular formula is C25H21N3O5S. The van der Waals surface area contributed by atoms with E-state index in [0.717, 1.165) is 11.1 Å². The van der Waals surface area contributed by atoms with Gasteiger partial charge in [-0.2, -0.15) is 9.57 Å². The van der Waals surface area contributed by atoms with Crippen LogP contribution >= 0.6 is 0 Å². The van der Waals surface area contributed by atoms with E-state index in [1.807, 2.05) is 30.3 Å². The summed E-state index contributed by atoms with van der Waals surface area (Å²) < 4.78 is 32.6. The number of fused-ring (bicyclic) bond motifs is 1. The monoisotopic (exact) mass is 475 g/mol. The summed E-state index contributed by atoms with van der Waals surface area (Å²) >= 11 is 0. The smallest absolute Gasteiger partial charge is 0.338 e. The molecule has 1 heterocycles. The Kier molecular flexibility index (Phi) is 6.72. The molecule has 0 bridgehead atoms. The zero-order valence-electron chi connectivity index (χ0n) is 18.1. The van der Waals surface area contributed by atoms with Crippen LogP contribution < -0.4 is 5.32 Å². The van der Waals surface area contributed by atoms with Crippen LogP contribution in [0.4, 0.5) is 5.69 Å². The predicted molar refractivity (Wildman–Crippen MR) is 124 cm³/mol. The largest absolute Gasteiger partial charge is 0.452 e. The van der Waals surface area contributed by atoms with E-state index < -0.39 is 28.5 Å². The zero-order chi connectivity index (χ0) is 24.1. The Morgan fingerprint density at radius 3 is 2.38 bits per heavy atom. The van der Waals surface area contributed by atoms with E-state index in [9.17, 15) is 18.0 Å². The Bertz CT molecular complexity index is 1380. The summed E-state index contributed by atoms with van der Waals surface area (Å²) in [6.45, 7) is 0.130. The van der Waals surface area contributed by atoms with Crippen molar-refractivity contribution in [2.24, 2.45) is 0 Å². The molecule has 0 saturated heterocycles. The first-order chi connectivity index (χ1) is 16.4. The molecule has 0 fully saturated rings. The number of benzene rings is 3. The molecule has 0 spiro atoms. The van der Waals surface area contributed by atoms with E-state index in [2.05, 4.69) is 5.32 Å². The van der Waals surface area contributed by atoms with Crippen LogP contribution in [0.2, 0.25) is 0 Å². The number of carbonyl (C=O) groups is 2. The van der Waals surface area contributed by atoms with Gasteiger partial charge in [0.25, 0.3) is 5.91 Å². The molecule has 172 valence electrons. The lowest BCUT2D eigenvalue weighted by atomic mass is 10.0. The summed E-state index contributed by atoms with van der Waals surface area (Å²) in [6, 6.07) is 21.6. The van der Waals surface area contributed by atoms with E-state index >= 15 is 0 Å². The van der Waals surface area contributed by atoms with Gasteiger partial charge in [-0.15, -0.1) is 0 Å². The molecule has 0 aromatic heterocycles. The number of ether oxygens (including phenoxy) is 1. The van der Waals surface area contributed by atoms with Gasteiger partial charge in [0, 0.05) is 13.1 Å². The highest BCUT2D eigenvalue weighted by molar-refractivity contribution is 7.89. The van der Waals surface area contributed by atoms with Crippen LogP contribution in [0.5, 0.6) is 0 Å². The first-order valence-corrected chi connectivity index (χ1v) is 12.0. The van der Waals surface area contributed by atoms with E-state index in [4.69, 9.17) is 10.00 Å². The number of anilines is 1. The summed E-state index contributed by atoms with van der Waals surface area (Å²) in [6.07, 6.45) is 0.640. The normalized spacial score (nSPS) is 13.4. The maximum atomic E-state index is 13.1. The third kappa shape index (κ3) is 4.98. The number of nitrogens with one attached hydrogen (secondary N) is 1. The van der Waals surface area contributed by atoms with Crippen LogP contribution in [0.3, 0.4) is 0 Å². The maximum absolute atomic E-state index is 13.1. The molecule has 0 radical (unpaired) electrons. The number of rotatable bonds is 6. The Morgan fingerprint density at radius 1 is 0.971 bits per heavy atom. The maximum Gasteiger partial charge on any atom is 0.338 e. The standard InChI is InChI=1S/C25H21N3O5S/c26-15-20-6-3-4-8-23(20)27-24(29)17-33-25(30)19-9-11-22(12-10-19)34(31,32)28-14-13-18-5-1-2-7-21(18)16-28/h1-12H,13-14,16-17H2,(H,27,29). The van der Waals surface area contributed by atoms with Crippen molar-refractivity contribution < 1.29 is 22.7 Å². The number of hydrogen-bond donors (Lipinski definition) is 1. The highest BCUT2D eigenvalue weighted by atomic mass is 32.2. The molecule has 1 N–H and O–H groups in total. The number of nitriles is 1. The highest BCUT2D eigenvalue weighted by Gasteiger charge is 2.28. The minimum atomic E-state index is -3.72. The van der Waals surface area contributed by atoms with Crippen molar-refractivity contribution in [2.45, 2.75) is 17.9 Å². The molecule has 8 nitrogen and oxygen atoms in total. The molecule has 3 aromatic carbocycles. The van der Waals surface area contributed by atoms with Crippen LogP contribution in [0.15, 0.2) is 77.7 Å². The quantitative estimate of drug-likeness (QED) is 0.548. The van der Waals surface area contributed by atoms with Crippen molar-refractivity contribution in [3.63, 3.8) is 0 Å². The molecule has 1 aliphatic heterocycles. The minimum Gasteiger partial charge on any atom is -0.452 e. The Labute approximate surface area is 197 Å². The van der Waals surface area contributed by atoms with Gasteiger partial charge in [-0.05, 0) is 53.9 Å². The molecule has 1 amide bonds. The molecule has 0 aliphatic carbocycles. The summed E-state index contributed by atoms with van der Waals surface area (Å²) in [5.74, 6) is -1.36. The van der Waals surface area contributed by atoms with Gasteiger partial charge in [-0.25, -0.2) is 13.2 Å². The lowest BCUT2D eigenvalue weighted by molar-refractivity contribution is -0.119. The first-order valence-electron chi connectivity index (χ1n) is 10.5. The van der Waals surface area contributed by atoms with Crippen molar-refractivity contribution in [1.82, 2.24) is 4.31 Å². The van der Waals surface area contributed by atoms with Gasteiger partial charge < -0.3 is 10.1 Å². The van der Waals surface area contributed by atoms with Gasteiger partial charge in [0.05, 0.1) is 21.7 Å². The Morgan fingerprint density at radius 2 is 1.65 bits per heavy atom. The summed E-state index contributed by atoms with van der Waals surface area (Å²) in [4.78, 5) is 24.5. The number of carbonyl (C=O) groups excluding carboxylic acids is 2. The number of nitrogens with zero attached hydrogens (tertiary/aromatic N) is 2. The molecule has 3 aromatic rings. The molecule has 34 heavy (non-hydrogen) atoms. The third-order valence-electron chi connectivity index (χ3n) is 5.48. The van der Waals surface area contributed by atoms with E-state index in [0.29, 0.717) is 25.2 Å². The second-order valence-corrected chi connectivity index (χ2v) is 9.60. The molecule has 9 heteroatoms. The van der Waals surface area contributed by atoms with Crippen LogP contribution in [-0.4, -0.2) is 37.8 Å². The second kappa shape index (κ2) is 9.87. The van der Waals surface area contributed by atoms with Crippen LogP contribution in [0.25, 0.3) is 0 Å². The lowest BCUT2D eigenvalue weighted by Gasteiger charge is -2.28. The highest BCUT2D eigenvalue weighted by Crippen LogP contribution is 2.25. The SMILES string of the molecule is N#Cc1ccccc1NC(=O)COC(=O)c1ccc(S(=O)(=O)N2CCc3ccccc3C2)cc1. The van der Waals surface area contributed by atoms with Crippen molar-refractivity contribution in [2.75, 3.05) is 18.5 Å². The predicted octanol–water partition coefficient (Wildman–Crippen LogP) is 3.10. The van der Waals surface area contributed by atoms with Gasteiger partial charge in [0.2, 0.25) is 10.0 Å². The van der Waals surface area contributed by atoms with Crippen molar-refractivity contribution >= 4 is 27.6 Å². The lowest BCUT2D eigenvalue weighted by Crippen LogP contribution is -2.35. The van der Waals surface area contributed by atoms with Gasteiger partial charge in [0.15, 0.2) is 6.61 Å². The fourth-order valence-corrected chi connectivity index (χ4v) is 5.10. The molecule has 0 saturated carbocycles. The number of sulfonamides is 1. The van der Waals surface area contributed by atoms with E-state index in [-0.39, 0.29) is 16.0 Å². The molecule has 0 unspecified atom stereocenters. The molecule has 1 aliphatic rings. The molecular weight excluding hydrogens is 454 g/mol. The van der Waals surface area contributed by atoms with Crippen molar-refractivity contribution in [1.29, 1.82) is 5.26 Å². The average Bonchev–Trinajstić information content (AvgIpc) is 2.87. The summed E-state index contributed by atoms with van der Waals surface area (Å²) in [5, 5.41) is 11.6. The van der Waals surface area contributed by atoms with E-state index in [1.165, 1.54) is 28.6 Å². The summed E-state index contributed by atoms with van der Waals surface area (Å²) in [5.41, 5.74) is 2.85. The van der Waals surface area contributed by atoms with Crippen molar-refractivity contribution in [3.8, 4) is 6.07 Å². The number of amides is 1. The fraction of sp³-hybridized carbons (Fsp3) is 0.160. The average molecular weight is 476 g/mol. The Balaban J connectivity index is 1.37. The fourth-order valence-electron chi connectivity index (χ4n) is 3.68. The second-order valence-electron chi connectivity index (χ2n) is 7.66. The Hall–Kier alpha value is -4.00. The van der Waals surface area contributed by atoms with Gasteiger partial charge in [0.1, 0.15) is 6.07 Å². The molecule has 4 rings (SSSR count).